The highest BCUT2D eigenvalue weighted by Gasteiger charge is 2.20. The Morgan fingerprint density at radius 3 is 1.83 bits per heavy atom. The predicted molar refractivity (Wildman–Crippen MR) is 133 cm³/mol. The van der Waals surface area contributed by atoms with E-state index in [1.165, 1.54) is 58.0 Å². The number of nitrogens with one attached hydrogen (secondary N) is 2. The quantitative estimate of drug-likeness (QED) is 0.137. The summed E-state index contributed by atoms with van der Waals surface area (Å²) in [6, 6.07) is 0. The van der Waals surface area contributed by atoms with Crippen molar-refractivity contribution in [1.82, 2.24) is 10.2 Å². The van der Waals surface area contributed by atoms with Crippen LogP contribution in [0, 0.1) is 6.61 Å². The molecule has 1 radical (unpaired) electrons. The van der Waals surface area contributed by atoms with Crippen molar-refractivity contribution < 1.29 is 22.8 Å². The van der Waals surface area contributed by atoms with E-state index in [0.29, 0.717) is 6.42 Å². The minimum absolute atomic E-state index is 0.0326. The molecule has 0 spiro atoms. The van der Waals surface area contributed by atoms with Crippen LogP contribution in [0.5, 0.6) is 0 Å². The summed E-state index contributed by atoms with van der Waals surface area (Å²) in [4.78, 5) is 27.9. The molecule has 0 unspecified atom stereocenters. The van der Waals surface area contributed by atoms with Crippen LogP contribution in [0.2, 0.25) is 0 Å². The van der Waals surface area contributed by atoms with Gasteiger partial charge in [0.1, 0.15) is 6.61 Å². The summed E-state index contributed by atoms with van der Waals surface area (Å²) < 4.78 is 26.2. The SMILES string of the molecule is C[CH]ONC(=O)CCCNS(=O)(=O)C(=O)CCCCCCCCCCCCCCCC1N=NN=N1. The Balaban J connectivity index is 1.85. The Bertz CT molecular complexity index is 733. The molecule has 0 aromatic carbocycles. The topological polar surface area (TPSA) is 151 Å². The first-order valence-corrected chi connectivity index (χ1v) is 14.5. The van der Waals surface area contributed by atoms with Crippen LogP contribution >= 0.6 is 0 Å². The van der Waals surface area contributed by atoms with Crippen LogP contribution in [0.1, 0.15) is 116 Å². The molecule has 1 heterocycles. The van der Waals surface area contributed by atoms with Crippen LogP contribution in [0.25, 0.3) is 0 Å². The number of sulfonamides is 1. The molecule has 2 N–H and O–H groups in total. The average Bonchev–Trinajstić information content (AvgIpc) is 3.36. The van der Waals surface area contributed by atoms with Crippen LogP contribution in [0.4, 0.5) is 0 Å². The van der Waals surface area contributed by atoms with Gasteiger partial charge in [-0.25, -0.2) is 18.6 Å². The number of hydrogen-bond acceptors (Lipinski definition) is 9. The number of nitrogens with zero attached hydrogens (tertiary/aromatic N) is 4. The van der Waals surface area contributed by atoms with Gasteiger partial charge in [-0.1, -0.05) is 70.6 Å². The zero-order valence-electron chi connectivity index (χ0n) is 21.1. The molecule has 0 atom stereocenters. The number of carbonyl (C=O) groups excluding carboxylic acids is 2. The zero-order chi connectivity index (χ0) is 25.6. The lowest BCUT2D eigenvalue weighted by Gasteiger charge is -2.06. The molecule has 0 aliphatic carbocycles. The summed E-state index contributed by atoms with van der Waals surface area (Å²) in [6.07, 6.45) is 16.0. The fourth-order valence-corrected chi connectivity index (χ4v) is 4.68. The molecule has 11 nitrogen and oxygen atoms in total. The monoisotopic (exact) mass is 515 g/mol. The van der Waals surface area contributed by atoms with Crippen LogP contribution in [-0.2, 0) is 24.4 Å². The van der Waals surface area contributed by atoms with E-state index in [1.54, 1.807) is 6.92 Å². The number of rotatable bonds is 23. The second kappa shape index (κ2) is 20.4. The Kier molecular flexibility index (Phi) is 18.2. The van der Waals surface area contributed by atoms with Crippen molar-refractivity contribution in [3.8, 4) is 0 Å². The third kappa shape index (κ3) is 17.3. The van der Waals surface area contributed by atoms with E-state index in [9.17, 15) is 18.0 Å². The number of carbonyl (C=O) groups is 2. The van der Waals surface area contributed by atoms with Crippen molar-refractivity contribution >= 4 is 21.0 Å². The zero-order valence-corrected chi connectivity index (χ0v) is 21.9. The Hall–Kier alpha value is -1.79. The van der Waals surface area contributed by atoms with Gasteiger partial charge in [-0.05, 0) is 43.1 Å². The highest BCUT2D eigenvalue weighted by Crippen LogP contribution is 2.16. The smallest absolute Gasteiger partial charge is 0.274 e. The molecule has 0 bridgehead atoms. The third-order valence-corrected chi connectivity index (χ3v) is 7.10. The molecule has 0 saturated carbocycles. The van der Waals surface area contributed by atoms with E-state index in [-0.39, 0.29) is 37.9 Å². The molecule has 0 saturated heterocycles. The lowest BCUT2D eigenvalue weighted by Crippen LogP contribution is -2.32. The van der Waals surface area contributed by atoms with Gasteiger partial charge in [-0.15, -0.1) is 10.2 Å². The van der Waals surface area contributed by atoms with E-state index in [1.807, 2.05) is 0 Å². The standard InChI is InChI=1S/C23H43N6O5S/c1-2-34-27-22(30)18-16-20-24-35(32,33)23(31)19-15-13-11-9-7-5-3-4-6-8-10-12-14-17-21-25-28-29-26-21/h2,21,24H,3-20H2,1H3,(H,27,30). The summed E-state index contributed by atoms with van der Waals surface area (Å²) >= 11 is 0. The fraction of sp³-hybridized carbons (Fsp3) is 0.870. The summed E-state index contributed by atoms with van der Waals surface area (Å²) in [5.41, 5.74) is 2.18. The molecule has 1 aliphatic rings. The Labute approximate surface area is 210 Å². The largest absolute Gasteiger partial charge is 0.280 e. The number of hydroxylamine groups is 1. The van der Waals surface area contributed by atoms with Gasteiger partial charge >= 0.3 is 0 Å². The van der Waals surface area contributed by atoms with Crippen molar-refractivity contribution in [2.75, 3.05) is 6.54 Å². The third-order valence-electron chi connectivity index (χ3n) is 5.72. The molecule has 0 aromatic rings. The van der Waals surface area contributed by atoms with E-state index in [4.69, 9.17) is 0 Å². The van der Waals surface area contributed by atoms with Gasteiger partial charge in [-0.3, -0.25) is 14.4 Å². The molecule has 1 rings (SSSR count). The minimum atomic E-state index is -3.97. The first kappa shape index (κ1) is 31.2. The predicted octanol–water partition coefficient (Wildman–Crippen LogP) is 5.45. The lowest BCUT2D eigenvalue weighted by molar-refractivity contribution is -0.131. The van der Waals surface area contributed by atoms with Gasteiger partial charge in [0.25, 0.3) is 15.1 Å². The number of hydrogen-bond donors (Lipinski definition) is 2. The highest BCUT2D eigenvalue weighted by atomic mass is 32.2. The second-order valence-electron chi connectivity index (χ2n) is 8.78. The summed E-state index contributed by atoms with van der Waals surface area (Å²) in [5, 5.41) is 14.1. The van der Waals surface area contributed by atoms with Gasteiger partial charge in [0.05, 0.1) is 0 Å². The fourth-order valence-electron chi connectivity index (χ4n) is 3.69. The number of amides is 1. The van der Waals surface area contributed by atoms with E-state index in [0.717, 1.165) is 32.1 Å². The number of unbranched alkanes of at least 4 members (excludes halogenated alkanes) is 12. The first-order valence-electron chi connectivity index (χ1n) is 13.0. The molecule has 0 fully saturated rings. The highest BCUT2D eigenvalue weighted by molar-refractivity contribution is 8.04. The molecule has 1 aliphatic heterocycles. The Morgan fingerprint density at radius 1 is 0.771 bits per heavy atom. The normalized spacial score (nSPS) is 13.5. The van der Waals surface area contributed by atoms with Crippen LogP contribution in [0.15, 0.2) is 20.7 Å². The van der Waals surface area contributed by atoms with Crippen molar-refractivity contribution in [1.29, 1.82) is 0 Å². The van der Waals surface area contributed by atoms with Crippen molar-refractivity contribution in [2.45, 2.75) is 122 Å². The summed E-state index contributed by atoms with van der Waals surface area (Å²) in [5.74, 6) is -0.349. The van der Waals surface area contributed by atoms with Gasteiger partial charge < -0.3 is 0 Å². The molecule has 12 heteroatoms. The van der Waals surface area contributed by atoms with Crippen molar-refractivity contribution in [3.63, 3.8) is 0 Å². The minimum Gasteiger partial charge on any atom is -0.280 e. The van der Waals surface area contributed by atoms with Crippen LogP contribution < -0.4 is 10.2 Å². The second-order valence-corrected chi connectivity index (χ2v) is 10.5. The van der Waals surface area contributed by atoms with E-state index in [2.05, 4.69) is 35.7 Å². The maximum Gasteiger partial charge on any atom is 0.274 e. The molecule has 201 valence electrons. The Morgan fingerprint density at radius 2 is 1.29 bits per heavy atom. The lowest BCUT2D eigenvalue weighted by atomic mass is 10.0. The molecule has 1 amide bonds. The summed E-state index contributed by atoms with van der Waals surface area (Å²) in [7, 11) is -3.97. The molecular formula is C23H43N6O5S. The molecule has 0 aromatic heterocycles. The maximum absolute atomic E-state index is 12.0. The van der Waals surface area contributed by atoms with Gasteiger partial charge in [0.15, 0.2) is 6.17 Å². The molecule has 35 heavy (non-hydrogen) atoms. The van der Waals surface area contributed by atoms with Crippen LogP contribution in [0.3, 0.4) is 0 Å². The molecular weight excluding hydrogens is 472 g/mol. The van der Waals surface area contributed by atoms with Gasteiger partial charge in [0, 0.05) is 19.4 Å². The first-order chi connectivity index (χ1) is 17.0. The van der Waals surface area contributed by atoms with Crippen LogP contribution in [-0.4, -0.2) is 32.2 Å². The maximum atomic E-state index is 12.0. The van der Waals surface area contributed by atoms with E-state index < -0.39 is 15.1 Å². The van der Waals surface area contributed by atoms with E-state index >= 15 is 0 Å². The van der Waals surface area contributed by atoms with Crippen molar-refractivity contribution in [2.24, 2.45) is 20.7 Å². The van der Waals surface area contributed by atoms with Crippen molar-refractivity contribution in [3.05, 3.63) is 6.61 Å². The summed E-state index contributed by atoms with van der Waals surface area (Å²) in [6.45, 7) is 2.98. The average molecular weight is 516 g/mol. The van der Waals surface area contributed by atoms with Gasteiger partial charge in [-0.2, -0.15) is 0 Å². The van der Waals surface area contributed by atoms with Gasteiger partial charge in [0.2, 0.25) is 5.91 Å².